The number of primary amides is 1. The molecule has 0 aliphatic rings. The number of nitrogens with zero attached hydrogens (tertiary/aromatic N) is 2. The molecule has 0 saturated heterocycles. The number of carbonyl (C=O) groups is 1. The Labute approximate surface area is 111 Å². The van der Waals surface area contributed by atoms with Gasteiger partial charge < -0.3 is 0 Å². The van der Waals surface area contributed by atoms with Crippen molar-refractivity contribution in [1.82, 2.24) is 4.98 Å². The van der Waals surface area contributed by atoms with Crippen LogP contribution < -0.4 is 10.3 Å². The Morgan fingerprint density at radius 2 is 2.28 bits per heavy atom. The maximum atomic E-state index is 10.8. The average molecular weight is 304 g/mol. The number of fused-ring (bicyclic) bond motifs is 1. The van der Waals surface area contributed by atoms with E-state index in [1.54, 1.807) is 0 Å². The van der Waals surface area contributed by atoms with Crippen molar-refractivity contribution < 1.29 is 4.79 Å². The Morgan fingerprint density at radius 3 is 2.94 bits per heavy atom. The summed E-state index contributed by atoms with van der Waals surface area (Å²) in [6.45, 7) is 1.99. The molecule has 4 nitrogen and oxygen atoms in total. The fourth-order valence-corrected chi connectivity index (χ4v) is 3.06. The van der Waals surface area contributed by atoms with Crippen molar-refractivity contribution in [2.24, 2.45) is 5.73 Å². The first-order chi connectivity index (χ1) is 8.60. The molecule has 0 aliphatic heterocycles. The molecule has 0 bridgehead atoms. The minimum atomic E-state index is -0.356. The van der Waals surface area contributed by atoms with Gasteiger partial charge in [0.1, 0.15) is 0 Å². The summed E-state index contributed by atoms with van der Waals surface area (Å²) in [6.07, 6.45) is 0. The summed E-state index contributed by atoms with van der Waals surface area (Å²) in [6, 6.07) is 9.85. The number of nitrogens with two attached hydrogens (primary N) is 1. The molecule has 0 unspecified atom stereocenters. The molecule has 1 heterocycles. The van der Waals surface area contributed by atoms with Gasteiger partial charge in [-0.1, -0.05) is 0 Å². The van der Waals surface area contributed by atoms with E-state index in [9.17, 15) is 4.79 Å². The molecule has 0 aliphatic carbocycles. The van der Waals surface area contributed by atoms with Gasteiger partial charge >= 0.3 is 111 Å². The number of benzene rings is 1. The Balaban J connectivity index is 2.50. The summed E-state index contributed by atoms with van der Waals surface area (Å²) >= 11 is -0.186. The van der Waals surface area contributed by atoms with Gasteiger partial charge in [0, 0.05) is 0 Å². The van der Waals surface area contributed by atoms with Gasteiger partial charge in [-0.2, -0.15) is 0 Å². The predicted octanol–water partition coefficient (Wildman–Crippen LogP) is 0.648. The molecule has 0 saturated carbocycles. The maximum absolute atomic E-state index is 10.8. The van der Waals surface area contributed by atoms with Gasteiger partial charge in [-0.15, -0.1) is 0 Å². The summed E-state index contributed by atoms with van der Waals surface area (Å²) in [7, 11) is 0. The van der Waals surface area contributed by atoms with E-state index >= 15 is 0 Å². The van der Waals surface area contributed by atoms with Crippen LogP contribution in [0.15, 0.2) is 24.3 Å². The van der Waals surface area contributed by atoms with E-state index in [1.807, 2.05) is 31.2 Å². The van der Waals surface area contributed by atoms with Gasteiger partial charge in [0.15, 0.2) is 0 Å². The second-order valence-electron chi connectivity index (χ2n) is 3.90. The van der Waals surface area contributed by atoms with Gasteiger partial charge in [0.2, 0.25) is 0 Å². The molecule has 1 amide bonds. The second-order valence-corrected chi connectivity index (χ2v) is 5.93. The molecule has 2 aromatic rings. The monoisotopic (exact) mass is 305 g/mol. The third-order valence-electron chi connectivity index (χ3n) is 2.41. The minimum absolute atomic E-state index is 0.186. The van der Waals surface area contributed by atoms with Crippen LogP contribution in [0.3, 0.4) is 0 Å². The molecular weight excluding hydrogens is 293 g/mol. The number of hydrogen-bond acceptors (Lipinski definition) is 3. The van der Waals surface area contributed by atoms with Gasteiger partial charge in [0.05, 0.1) is 0 Å². The molecule has 1 aromatic heterocycles. The summed E-state index contributed by atoms with van der Waals surface area (Å²) in [5, 5.41) is 10.3. The van der Waals surface area contributed by atoms with E-state index in [4.69, 9.17) is 11.0 Å². The van der Waals surface area contributed by atoms with Gasteiger partial charge in [-0.3, -0.25) is 0 Å². The van der Waals surface area contributed by atoms with Gasteiger partial charge in [-0.05, 0) is 0 Å². The molecule has 2 rings (SSSR count). The van der Waals surface area contributed by atoms with Crippen LogP contribution in [0.2, 0.25) is 5.32 Å². The van der Waals surface area contributed by atoms with E-state index in [2.05, 4.69) is 11.1 Å². The third-order valence-corrected chi connectivity index (χ3v) is 4.54. The predicted molar refractivity (Wildman–Crippen MR) is 70.6 cm³/mol. The van der Waals surface area contributed by atoms with Gasteiger partial charge in [-0.25, -0.2) is 0 Å². The number of amides is 1. The van der Waals surface area contributed by atoms with Crippen LogP contribution >= 0.6 is 0 Å². The van der Waals surface area contributed by atoms with Crippen LogP contribution in [-0.4, -0.2) is 25.8 Å². The molecule has 0 radical (unpaired) electrons. The Bertz CT molecular complexity index is 661. The molecule has 0 fully saturated rings. The number of nitriles is 1. The van der Waals surface area contributed by atoms with Crippen LogP contribution in [0, 0.1) is 18.3 Å². The quantitative estimate of drug-likeness (QED) is 0.845. The normalized spacial score (nSPS) is 10.2. The number of pyridine rings is 1. The Morgan fingerprint density at radius 1 is 1.50 bits per heavy atom. The number of rotatable bonds is 3. The zero-order chi connectivity index (χ0) is 13.1. The van der Waals surface area contributed by atoms with Crippen LogP contribution in [0.1, 0.15) is 11.1 Å². The number of aryl methyl sites for hydroxylation is 1. The van der Waals surface area contributed by atoms with Crippen LogP contribution in [0.5, 0.6) is 0 Å². The fourth-order valence-electron chi connectivity index (χ4n) is 1.59. The molecule has 90 valence electrons. The fraction of sp³-hybridized carbons (Fsp3) is 0.154. The topological polar surface area (TPSA) is 79.8 Å². The van der Waals surface area contributed by atoms with E-state index in [1.165, 1.54) is 0 Å². The number of carbonyl (C=O) groups excluding carboxylic acids is 1. The molecule has 0 spiro atoms. The van der Waals surface area contributed by atoms with Crippen molar-refractivity contribution in [3.05, 3.63) is 35.4 Å². The number of aromatic nitrogens is 1. The van der Waals surface area contributed by atoms with Crippen molar-refractivity contribution in [3.8, 4) is 6.07 Å². The molecule has 5 heteroatoms. The SMILES string of the molecule is Cc1ccc2cc(C#N)c([Se]CC(N)=O)nc2c1. The molecule has 2 N–H and O–H groups in total. The van der Waals surface area contributed by atoms with Gasteiger partial charge in [0.25, 0.3) is 0 Å². The van der Waals surface area contributed by atoms with Crippen LogP contribution in [0.4, 0.5) is 0 Å². The Hall–Kier alpha value is -1.89. The third kappa shape index (κ3) is 2.67. The van der Waals surface area contributed by atoms with Crippen molar-refractivity contribution in [2.75, 3.05) is 0 Å². The first-order valence-electron chi connectivity index (χ1n) is 5.33. The van der Waals surface area contributed by atoms with Crippen molar-refractivity contribution in [2.45, 2.75) is 12.2 Å². The summed E-state index contributed by atoms with van der Waals surface area (Å²) in [5.41, 5.74) is 7.64. The van der Waals surface area contributed by atoms with Crippen molar-refractivity contribution in [1.29, 1.82) is 5.26 Å². The average Bonchev–Trinajstić information content (AvgIpc) is 2.35. The first-order valence-corrected chi connectivity index (χ1v) is 7.39. The van der Waals surface area contributed by atoms with E-state index in [0.29, 0.717) is 10.2 Å². The van der Waals surface area contributed by atoms with Crippen LogP contribution in [0.25, 0.3) is 10.9 Å². The number of hydrogen-bond donors (Lipinski definition) is 1. The second kappa shape index (κ2) is 5.17. The summed E-state index contributed by atoms with van der Waals surface area (Å²) in [4.78, 5) is 15.3. The van der Waals surface area contributed by atoms with Crippen LogP contribution in [-0.2, 0) is 4.79 Å². The van der Waals surface area contributed by atoms with Crippen molar-refractivity contribution in [3.63, 3.8) is 0 Å². The molecular formula is C13H11N3OSe. The van der Waals surface area contributed by atoms with E-state index in [0.717, 1.165) is 16.5 Å². The molecule has 0 atom stereocenters. The zero-order valence-electron chi connectivity index (χ0n) is 9.80. The molecule has 1 aromatic carbocycles. The summed E-state index contributed by atoms with van der Waals surface area (Å²) < 4.78 is 0.696. The van der Waals surface area contributed by atoms with Crippen molar-refractivity contribution >= 4 is 36.4 Å². The first kappa shape index (κ1) is 12.6. The van der Waals surface area contributed by atoms with E-state index < -0.39 is 0 Å². The van der Waals surface area contributed by atoms with E-state index in [-0.39, 0.29) is 26.2 Å². The standard InChI is InChI=1S/C13H11N3OSe/c1-8-2-3-9-5-10(6-14)13(16-11(9)4-8)18-7-12(15)17/h2-5H,7H2,1H3,(H2,15,17). The molecule has 18 heavy (non-hydrogen) atoms. The summed E-state index contributed by atoms with van der Waals surface area (Å²) in [5.74, 6) is -0.356. The zero-order valence-corrected chi connectivity index (χ0v) is 11.5. The Kier molecular flexibility index (Phi) is 3.61.